The average Bonchev–Trinajstić information content (AvgIpc) is 3.31. The summed E-state index contributed by atoms with van der Waals surface area (Å²) in [6.45, 7) is 3.35. The standard InChI is InChI=1S/C20H22N2O3.C2HF3O2/c23-19(9-16-5-2-1-3-6-16)22-11-17-12-24-14-20(17,13-22)15-25-18-7-4-8-21-10-18;3-2(4,5)1(6)7/h1-8,10,17H,9,11-15H2;(H,6,7)/t17-,20+;/m1./s1. The Labute approximate surface area is 182 Å². The molecule has 1 aromatic carbocycles. The van der Waals surface area contributed by atoms with E-state index < -0.39 is 12.1 Å². The fourth-order valence-corrected chi connectivity index (χ4v) is 3.77. The Balaban J connectivity index is 0.000000360. The molecule has 172 valence electrons. The third-order valence-electron chi connectivity index (χ3n) is 5.48. The van der Waals surface area contributed by atoms with Crippen LogP contribution in [0.4, 0.5) is 13.2 Å². The first kappa shape index (κ1) is 23.5. The van der Waals surface area contributed by atoms with Gasteiger partial charge in [-0.3, -0.25) is 9.78 Å². The zero-order valence-corrected chi connectivity index (χ0v) is 17.1. The van der Waals surface area contributed by atoms with Crippen LogP contribution >= 0.6 is 0 Å². The second-order valence-electron chi connectivity index (χ2n) is 7.79. The molecule has 2 aromatic rings. The van der Waals surface area contributed by atoms with Gasteiger partial charge in [0.15, 0.2) is 0 Å². The molecule has 0 saturated carbocycles. The maximum absolute atomic E-state index is 12.7. The van der Waals surface area contributed by atoms with Crippen molar-refractivity contribution in [1.82, 2.24) is 9.88 Å². The van der Waals surface area contributed by atoms with E-state index in [4.69, 9.17) is 19.4 Å². The van der Waals surface area contributed by atoms with Gasteiger partial charge in [0, 0.05) is 25.2 Å². The quantitative estimate of drug-likeness (QED) is 0.751. The molecule has 2 aliphatic heterocycles. The van der Waals surface area contributed by atoms with Crippen LogP contribution in [-0.2, 0) is 20.7 Å². The summed E-state index contributed by atoms with van der Waals surface area (Å²) >= 11 is 0. The fraction of sp³-hybridized carbons (Fsp3) is 0.409. The maximum atomic E-state index is 12.7. The average molecular weight is 452 g/mol. The monoisotopic (exact) mass is 452 g/mol. The number of nitrogens with zero attached hydrogens (tertiary/aromatic N) is 2. The lowest BCUT2D eigenvalue weighted by Crippen LogP contribution is -2.38. The zero-order chi connectivity index (χ0) is 23.2. The minimum atomic E-state index is -5.08. The highest BCUT2D eigenvalue weighted by molar-refractivity contribution is 5.79. The SMILES string of the molecule is O=C(Cc1ccccc1)N1C[C@@H]2COC[C@]2(COc2cccnc2)C1.O=C(O)C(F)(F)F. The molecule has 1 aromatic heterocycles. The number of rotatable bonds is 5. The molecule has 1 amide bonds. The molecule has 3 heterocycles. The first-order valence-electron chi connectivity index (χ1n) is 9.92. The lowest BCUT2D eigenvalue weighted by Gasteiger charge is -2.27. The van der Waals surface area contributed by atoms with Crippen molar-refractivity contribution in [2.75, 3.05) is 32.9 Å². The number of ether oxygens (including phenoxy) is 2. The van der Waals surface area contributed by atoms with Gasteiger partial charge in [0.05, 0.1) is 37.9 Å². The van der Waals surface area contributed by atoms with Gasteiger partial charge >= 0.3 is 12.1 Å². The van der Waals surface area contributed by atoms with Gasteiger partial charge in [0.25, 0.3) is 0 Å². The predicted molar refractivity (Wildman–Crippen MR) is 107 cm³/mol. The maximum Gasteiger partial charge on any atom is 0.490 e. The van der Waals surface area contributed by atoms with Crippen molar-refractivity contribution in [1.29, 1.82) is 0 Å². The molecule has 32 heavy (non-hydrogen) atoms. The fourth-order valence-electron chi connectivity index (χ4n) is 3.77. The van der Waals surface area contributed by atoms with E-state index in [1.54, 1.807) is 12.4 Å². The van der Waals surface area contributed by atoms with Crippen molar-refractivity contribution in [3.63, 3.8) is 0 Å². The number of hydrogen-bond donors (Lipinski definition) is 1. The third-order valence-corrected chi connectivity index (χ3v) is 5.48. The van der Waals surface area contributed by atoms with Crippen LogP contribution in [0.15, 0.2) is 54.9 Å². The van der Waals surface area contributed by atoms with E-state index in [9.17, 15) is 18.0 Å². The summed E-state index contributed by atoms with van der Waals surface area (Å²) in [6, 6.07) is 13.7. The molecule has 0 bridgehead atoms. The number of aromatic nitrogens is 1. The van der Waals surface area contributed by atoms with Gasteiger partial charge in [0.2, 0.25) is 5.91 Å². The first-order chi connectivity index (χ1) is 15.2. The molecular weight excluding hydrogens is 429 g/mol. The van der Waals surface area contributed by atoms with Crippen molar-refractivity contribution >= 4 is 11.9 Å². The van der Waals surface area contributed by atoms with Crippen LogP contribution < -0.4 is 4.74 Å². The summed E-state index contributed by atoms with van der Waals surface area (Å²) in [7, 11) is 0. The number of pyridine rings is 1. The Hall–Kier alpha value is -3.14. The Kier molecular flexibility index (Phi) is 7.34. The number of alkyl halides is 3. The summed E-state index contributed by atoms with van der Waals surface area (Å²) < 4.78 is 43.4. The van der Waals surface area contributed by atoms with Gasteiger partial charge in [-0.2, -0.15) is 13.2 Å². The van der Waals surface area contributed by atoms with E-state index in [0.29, 0.717) is 38.7 Å². The highest BCUT2D eigenvalue weighted by Crippen LogP contribution is 2.41. The van der Waals surface area contributed by atoms with E-state index >= 15 is 0 Å². The number of benzene rings is 1. The second kappa shape index (κ2) is 9.99. The van der Waals surface area contributed by atoms with Gasteiger partial charge in [0.1, 0.15) is 5.75 Å². The largest absolute Gasteiger partial charge is 0.491 e. The number of carbonyl (C=O) groups excluding carboxylic acids is 1. The van der Waals surface area contributed by atoms with Crippen LogP contribution in [0.25, 0.3) is 0 Å². The number of carbonyl (C=O) groups is 2. The normalized spacial score (nSPS) is 22.0. The Morgan fingerprint density at radius 2 is 1.94 bits per heavy atom. The van der Waals surface area contributed by atoms with E-state index in [2.05, 4.69) is 4.98 Å². The highest BCUT2D eigenvalue weighted by Gasteiger charge is 2.52. The van der Waals surface area contributed by atoms with Crippen molar-refractivity contribution in [2.24, 2.45) is 11.3 Å². The summed E-state index contributed by atoms with van der Waals surface area (Å²) in [4.78, 5) is 27.7. The molecule has 2 fully saturated rings. The minimum absolute atomic E-state index is 0.109. The predicted octanol–water partition coefficient (Wildman–Crippen LogP) is 2.81. The summed E-state index contributed by atoms with van der Waals surface area (Å²) in [5, 5.41) is 7.12. The number of hydrogen-bond acceptors (Lipinski definition) is 5. The molecule has 7 nitrogen and oxygen atoms in total. The Morgan fingerprint density at radius 1 is 1.22 bits per heavy atom. The molecule has 4 rings (SSSR count). The topological polar surface area (TPSA) is 89.0 Å². The van der Waals surface area contributed by atoms with Crippen molar-refractivity contribution in [2.45, 2.75) is 12.6 Å². The van der Waals surface area contributed by atoms with Crippen molar-refractivity contribution < 1.29 is 37.3 Å². The molecule has 10 heteroatoms. The molecule has 2 atom stereocenters. The summed E-state index contributed by atoms with van der Waals surface area (Å²) in [5.74, 6) is -1.48. The van der Waals surface area contributed by atoms with Crippen LogP contribution in [-0.4, -0.2) is 66.0 Å². The number of amides is 1. The molecule has 2 aliphatic rings. The molecule has 1 N–H and O–H groups in total. The molecule has 0 unspecified atom stereocenters. The summed E-state index contributed by atoms with van der Waals surface area (Å²) in [6.07, 6.45) is -1.19. The lowest BCUT2D eigenvalue weighted by atomic mass is 9.82. The van der Waals surface area contributed by atoms with Gasteiger partial charge in [-0.25, -0.2) is 4.79 Å². The number of fused-ring (bicyclic) bond motifs is 1. The second-order valence-corrected chi connectivity index (χ2v) is 7.79. The van der Waals surface area contributed by atoms with Crippen molar-refractivity contribution in [3.05, 3.63) is 60.4 Å². The number of carboxylic acid groups (broad SMARTS) is 1. The molecule has 2 saturated heterocycles. The van der Waals surface area contributed by atoms with E-state index in [1.165, 1.54) is 0 Å². The first-order valence-corrected chi connectivity index (χ1v) is 9.92. The number of aliphatic carboxylic acids is 1. The smallest absolute Gasteiger partial charge is 0.490 e. The van der Waals surface area contributed by atoms with Crippen LogP contribution in [0, 0.1) is 11.3 Å². The van der Waals surface area contributed by atoms with Gasteiger partial charge < -0.3 is 19.5 Å². The summed E-state index contributed by atoms with van der Waals surface area (Å²) in [5.41, 5.74) is 0.948. The van der Waals surface area contributed by atoms with Gasteiger partial charge in [-0.15, -0.1) is 0 Å². The highest BCUT2D eigenvalue weighted by atomic mass is 19.4. The number of carboxylic acids is 1. The Bertz CT molecular complexity index is 911. The minimum Gasteiger partial charge on any atom is -0.491 e. The number of likely N-dealkylation sites (tertiary alicyclic amines) is 1. The van der Waals surface area contributed by atoms with Crippen LogP contribution in [0.2, 0.25) is 0 Å². The van der Waals surface area contributed by atoms with E-state index in [0.717, 1.165) is 17.9 Å². The molecule has 0 spiro atoms. The van der Waals surface area contributed by atoms with Crippen LogP contribution in [0.3, 0.4) is 0 Å². The lowest BCUT2D eigenvalue weighted by molar-refractivity contribution is -0.192. The van der Waals surface area contributed by atoms with E-state index in [1.807, 2.05) is 47.4 Å². The van der Waals surface area contributed by atoms with Crippen molar-refractivity contribution in [3.8, 4) is 5.75 Å². The van der Waals surface area contributed by atoms with Crippen LogP contribution in [0.1, 0.15) is 5.56 Å². The van der Waals surface area contributed by atoms with Crippen LogP contribution in [0.5, 0.6) is 5.75 Å². The van der Waals surface area contributed by atoms with Gasteiger partial charge in [-0.1, -0.05) is 30.3 Å². The molecule has 0 aliphatic carbocycles. The molecule has 0 radical (unpaired) electrons. The van der Waals surface area contributed by atoms with Gasteiger partial charge in [-0.05, 0) is 17.7 Å². The Morgan fingerprint density at radius 3 is 2.56 bits per heavy atom. The third kappa shape index (κ3) is 5.97. The van der Waals surface area contributed by atoms with E-state index in [-0.39, 0.29) is 11.3 Å². The number of halogens is 3. The zero-order valence-electron chi connectivity index (χ0n) is 17.1. The molecular formula is C22H23F3N2O5.